The molecule has 0 fully saturated rings. The van der Waals surface area contributed by atoms with Crippen LogP contribution in [-0.2, 0) is 4.84 Å². The molecule has 0 saturated carbocycles. The van der Waals surface area contributed by atoms with Crippen LogP contribution < -0.4 is 0 Å². The van der Waals surface area contributed by atoms with Crippen molar-refractivity contribution in [3.05, 3.63) is 34.4 Å². The molecular weight excluding hydrogens is 270 g/mol. The van der Waals surface area contributed by atoms with Gasteiger partial charge in [0.25, 0.3) is 11.8 Å². The van der Waals surface area contributed by atoms with Crippen LogP contribution >= 0.6 is 11.6 Å². The van der Waals surface area contributed by atoms with Crippen LogP contribution in [0.15, 0.2) is 12.1 Å². The minimum Gasteiger partial charge on any atom is -0.314 e. The fraction of sp³-hybridized carbons (Fsp3) is 0.308. The second-order valence-corrected chi connectivity index (χ2v) is 4.92. The minimum atomic E-state index is -1.22. The van der Waals surface area contributed by atoms with Gasteiger partial charge in [-0.2, -0.15) is 0 Å². The van der Waals surface area contributed by atoms with Gasteiger partial charge >= 0.3 is 5.43 Å². The molecule has 0 aliphatic carbocycles. The van der Waals surface area contributed by atoms with E-state index in [4.69, 9.17) is 11.6 Å². The number of hydroxylamine groups is 2. The Hall–Kier alpha value is -1.88. The van der Waals surface area contributed by atoms with Crippen molar-refractivity contribution in [1.29, 1.82) is 0 Å². The molecule has 2 rings (SSSR count). The van der Waals surface area contributed by atoms with Crippen LogP contribution in [0.1, 0.15) is 51.6 Å². The molecule has 0 unspecified atom stereocenters. The summed E-state index contributed by atoms with van der Waals surface area (Å²) in [5.74, 6) is -1.24. The van der Waals surface area contributed by atoms with Gasteiger partial charge in [0, 0.05) is 11.6 Å². The Morgan fingerprint density at radius 1 is 1.21 bits per heavy atom. The van der Waals surface area contributed by atoms with E-state index in [0.29, 0.717) is 10.6 Å². The zero-order chi connectivity index (χ0) is 14.3. The number of nitrogens with zero attached hydrogens (tertiary/aromatic N) is 1. The fourth-order valence-corrected chi connectivity index (χ4v) is 2.23. The Morgan fingerprint density at radius 2 is 1.79 bits per heavy atom. The molecule has 0 saturated heterocycles. The van der Waals surface area contributed by atoms with Crippen LogP contribution in [0.5, 0.6) is 0 Å². The molecule has 5 nitrogen and oxygen atoms in total. The summed E-state index contributed by atoms with van der Waals surface area (Å²) in [4.78, 5) is 39.5. The van der Waals surface area contributed by atoms with E-state index in [9.17, 15) is 14.4 Å². The lowest BCUT2D eigenvalue weighted by atomic mass is 9.92. The number of imide groups is 1. The van der Waals surface area contributed by atoms with E-state index in [-0.39, 0.29) is 17.0 Å². The summed E-state index contributed by atoms with van der Waals surface area (Å²) in [6.45, 7) is 5.55. The molecule has 0 atom stereocenters. The van der Waals surface area contributed by atoms with Crippen LogP contribution in [0.4, 0.5) is 4.79 Å². The molecule has 1 aromatic carbocycles. The van der Waals surface area contributed by atoms with Gasteiger partial charge in [0.1, 0.15) is 0 Å². The third-order valence-corrected chi connectivity index (χ3v) is 3.10. The highest BCUT2D eigenvalue weighted by Gasteiger charge is 2.41. The van der Waals surface area contributed by atoms with Crippen molar-refractivity contribution in [2.75, 3.05) is 0 Å². The van der Waals surface area contributed by atoms with Gasteiger partial charge in [-0.1, -0.05) is 31.0 Å². The maximum Gasteiger partial charge on any atom is 0.428 e. The smallest absolute Gasteiger partial charge is 0.314 e. The Labute approximate surface area is 115 Å². The second kappa shape index (κ2) is 4.66. The molecule has 0 spiro atoms. The molecule has 0 aromatic heterocycles. The average Bonchev–Trinajstić information content (AvgIpc) is 2.55. The first-order valence-electron chi connectivity index (χ1n) is 5.74. The van der Waals surface area contributed by atoms with Crippen molar-refractivity contribution in [1.82, 2.24) is 5.06 Å². The standard InChI is InChI=1S/C13H12ClNO4/c1-6(2)8-5-4-7(3)9-10(8)12(17)15(11(9)16)19-13(14)18/h4-6H,1-3H3. The van der Waals surface area contributed by atoms with Gasteiger partial charge in [-0.3, -0.25) is 9.59 Å². The number of aryl methyl sites for hydroxylation is 1. The third kappa shape index (κ3) is 2.10. The monoisotopic (exact) mass is 281 g/mol. The molecule has 0 bridgehead atoms. The van der Waals surface area contributed by atoms with Gasteiger partial charge in [0.15, 0.2) is 0 Å². The average molecular weight is 282 g/mol. The predicted molar refractivity (Wildman–Crippen MR) is 68.1 cm³/mol. The van der Waals surface area contributed by atoms with Crippen molar-refractivity contribution in [3.63, 3.8) is 0 Å². The highest BCUT2D eigenvalue weighted by atomic mass is 35.5. The van der Waals surface area contributed by atoms with Gasteiger partial charge < -0.3 is 4.84 Å². The topological polar surface area (TPSA) is 63.7 Å². The van der Waals surface area contributed by atoms with Crippen LogP contribution in [0.3, 0.4) is 0 Å². The first kappa shape index (κ1) is 13.5. The normalized spacial score (nSPS) is 14.1. The highest BCUT2D eigenvalue weighted by Crippen LogP contribution is 2.32. The SMILES string of the molecule is Cc1ccc(C(C)C)c2c1C(=O)N(OC(=O)Cl)C2=O. The number of benzene rings is 1. The first-order valence-corrected chi connectivity index (χ1v) is 6.12. The van der Waals surface area contributed by atoms with Gasteiger partial charge in [0.2, 0.25) is 0 Å². The molecule has 100 valence electrons. The second-order valence-electron chi connectivity index (χ2n) is 4.61. The van der Waals surface area contributed by atoms with Gasteiger partial charge in [0.05, 0.1) is 11.1 Å². The van der Waals surface area contributed by atoms with Crippen LogP contribution in [0, 0.1) is 6.92 Å². The molecule has 6 heteroatoms. The van der Waals surface area contributed by atoms with Crippen LogP contribution in [-0.4, -0.2) is 22.3 Å². The fourth-order valence-electron chi connectivity index (χ4n) is 2.16. The van der Waals surface area contributed by atoms with E-state index in [1.54, 1.807) is 19.1 Å². The summed E-state index contributed by atoms with van der Waals surface area (Å²) < 4.78 is 0. The maximum atomic E-state index is 12.2. The number of fused-ring (bicyclic) bond motifs is 1. The quantitative estimate of drug-likeness (QED) is 0.617. The number of carbonyl (C=O) groups excluding carboxylic acids is 3. The molecule has 19 heavy (non-hydrogen) atoms. The lowest BCUT2D eigenvalue weighted by Crippen LogP contribution is -2.31. The largest absolute Gasteiger partial charge is 0.428 e. The summed E-state index contributed by atoms with van der Waals surface area (Å²) in [7, 11) is 0. The van der Waals surface area contributed by atoms with E-state index in [1.807, 2.05) is 13.8 Å². The summed E-state index contributed by atoms with van der Waals surface area (Å²) in [6.07, 6.45) is 0. The van der Waals surface area contributed by atoms with E-state index in [0.717, 1.165) is 5.56 Å². The molecule has 1 aliphatic heterocycles. The highest BCUT2D eigenvalue weighted by molar-refractivity contribution is 6.61. The Bertz CT molecular complexity index is 595. The molecule has 2 amide bonds. The number of rotatable bonds is 2. The molecule has 1 aromatic rings. The van der Waals surface area contributed by atoms with Crippen molar-refractivity contribution in [3.8, 4) is 0 Å². The molecule has 1 heterocycles. The molecule has 0 radical (unpaired) electrons. The number of hydrogen-bond donors (Lipinski definition) is 0. The summed E-state index contributed by atoms with van der Waals surface area (Å²) in [5.41, 5.74) is 0.739. The summed E-state index contributed by atoms with van der Waals surface area (Å²) in [6, 6.07) is 3.57. The van der Waals surface area contributed by atoms with E-state index < -0.39 is 17.2 Å². The van der Waals surface area contributed by atoms with Crippen molar-refractivity contribution < 1.29 is 19.2 Å². The van der Waals surface area contributed by atoms with Crippen molar-refractivity contribution in [2.24, 2.45) is 0 Å². The third-order valence-electron chi connectivity index (χ3n) is 3.03. The summed E-state index contributed by atoms with van der Waals surface area (Å²) in [5, 5.41) is 0.416. The number of amides is 2. The first-order chi connectivity index (χ1) is 8.84. The van der Waals surface area contributed by atoms with E-state index in [1.165, 1.54) is 0 Å². The number of halogens is 1. The van der Waals surface area contributed by atoms with Crippen LogP contribution in [0.25, 0.3) is 0 Å². The van der Waals surface area contributed by atoms with Crippen molar-refractivity contribution in [2.45, 2.75) is 26.7 Å². The Balaban J connectivity index is 2.61. The zero-order valence-electron chi connectivity index (χ0n) is 10.7. The lowest BCUT2D eigenvalue weighted by Gasteiger charge is -2.11. The Kier molecular flexibility index (Phi) is 3.32. The maximum absolute atomic E-state index is 12.2. The van der Waals surface area contributed by atoms with E-state index in [2.05, 4.69) is 4.84 Å². The summed E-state index contributed by atoms with van der Waals surface area (Å²) >= 11 is 5.07. The number of carbonyl (C=O) groups is 3. The molecular formula is C13H12ClNO4. The van der Waals surface area contributed by atoms with Crippen LogP contribution in [0.2, 0.25) is 0 Å². The predicted octanol–water partition coefficient (Wildman–Crippen LogP) is 3.00. The van der Waals surface area contributed by atoms with Gasteiger partial charge in [-0.05, 0) is 24.0 Å². The zero-order valence-corrected chi connectivity index (χ0v) is 11.4. The minimum absolute atomic E-state index is 0.0674. The van der Waals surface area contributed by atoms with Gasteiger partial charge in [-0.15, -0.1) is 0 Å². The molecule has 1 aliphatic rings. The lowest BCUT2D eigenvalue weighted by molar-refractivity contribution is -0.0356. The molecule has 0 N–H and O–H groups in total. The van der Waals surface area contributed by atoms with E-state index >= 15 is 0 Å². The van der Waals surface area contributed by atoms with Gasteiger partial charge in [-0.25, -0.2) is 4.79 Å². The Morgan fingerprint density at radius 3 is 2.32 bits per heavy atom. The number of hydrogen-bond acceptors (Lipinski definition) is 4. The van der Waals surface area contributed by atoms with Crippen molar-refractivity contribution >= 4 is 28.8 Å².